The first-order valence-electron chi connectivity index (χ1n) is 8.74. The lowest BCUT2D eigenvalue weighted by molar-refractivity contribution is -0.125. The highest BCUT2D eigenvalue weighted by molar-refractivity contribution is 6.42. The summed E-state index contributed by atoms with van der Waals surface area (Å²) in [5.41, 5.74) is 2.40. The third-order valence-corrected chi connectivity index (χ3v) is 5.43. The Labute approximate surface area is 175 Å². The van der Waals surface area contributed by atoms with Gasteiger partial charge in [-0.25, -0.2) is 9.07 Å². The number of benzene rings is 2. The molecule has 29 heavy (non-hydrogen) atoms. The number of aromatic nitrogens is 2. The lowest BCUT2D eigenvalue weighted by Gasteiger charge is -2.24. The number of fused-ring (bicyclic) bond motifs is 1. The molecule has 0 saturated heterocycles. The Morgan fingerprint density at radius 1 is 1.21 bits per heavy atom. The van der Waals surface area contributed by atoms with Crippen LogP contribution in [-0.2, 0) is 9.59 Å². The summed E-state index contributed by atoms with van der Waals surface area (Å²) in [7, 11) is 0. The third-order valence-electron chi connectivity index (χ3n) is 4.69. The molecule has 3 aromatic rings. The molecule has 2 aromatic carbocycles. The van der Waals surface area contributed by atoms with E-state index >= 15 is 0 Å². The number of nitrogens with zero attached hydrogens (tertiary/aromatic N) is 2. The third kappa shape index (κ3) is 3.71. The van der Waals surface area contributed by atoms with Gasteiger partial charge in [0, 0.05) is 16.8 Å². The fraction of sp³-hybridized carbons (Fsp3) is 0.150. The zero-order valence-electron chi connectivity index (χ0n) is 15.2. The molecule has 6 nitrogen and oxygen atoms in total. The molecule has 1 aliphatic rings. The van der Waals surface area contributed by atoms with E-state index in [-0.39, 0.29) is 18.1 Å². The standard InChI is InChI=1S/C20H15Cl2FN4O2/c1-10-18(11-2-4-12(23)5-3-11)26-27-16(9-17(28)25-19(10)27)20(29)24-13-6-7-14(21)15(22)8-13/h2-8,16H,9H2,1H3,(H,24,29)(H,25,28). The predicted octanol–water partition coefficient (Wildman–Crippen LogP) is 4.83. The van der Waals surface area contributed by atoms with Crippen LogP contribution >= 0.6 is 23.2 Å². The maximum Gasteiger partial charge on any atom is 0.249 e. The fourth-order valence-electron chi connectivity index (χ4n) is 3.22. The molecule has 0 saturated carbocycles. The van der Waals surface area contributed by atoms with Crippen molar-refractivity contribution in [2.75, 3.05) is 10.6 Å². The van der Waals surface area contributed by atoms with Crippen LogP contribution < -0.4 is 10.6 Å². The Morgan fingerprint density at radius 3 is 2.62 bits per heavy atom. The van der Waals surface area contributed by atoms with E-state index in [1.807, 2.05) is 0 Å². The molecule has 148 valence electrons. The number of rotatable bonds is 3. The molecule has 0 bridgehead atoms. The maximum absolute atomic E-state index is 13.3. The highest BCUT2D eigenvalue weighted by Crippen LogP contribution is 2.35. The fourth-order valence-corrected chi connectivity index (χ4v) is 3.52. The number of hydrogen-bond acceptors (Lipinski definition) is 3. The van der Waals surface area contributed by atoms with E-state index in [0.717, 1.165) is 0 Å². The van der Waals surface area contributed by atoms with Crippen molar-refractivity contribution in [2.45, 2.75) is 19.4 Å². The number of carbonyl (C=O) groups is 2. The van der Waals surface area contributed by atoms with Crippen LogP contribution in [0.2, 0.25) is 10.0 Å². The van der Waals surface area contributed by atoms with E-state index in [0.29, 0.717) is 38.4 Å². The van der Waals surface area contributed by atoms with Gasteiger partial charge < -0.3 is 10.6 Å². The van der Waals surface area contributed by atoms with Crippen molar-refractivity contribution in [3.8, 4) is 11.3 Å². The molecule has 1 aliphatic heterocycles. The molecule has 0 radical (unpaired) electrons. The topological polar surface area (TPSA) is 76.0 Å². The van der Waals surface area contributed by atoms with Gasteiger partial charge in [-0.05, 0) is 49.4 Å². The molecule has 1 aromatic heterocycles. The van der Waals surface area contributed by atoms with Gasteiger partial charge in [-0.15, -0.1) is 0 Å². The average molecular weight is 433 g/mol. The van der Waals surface area contributed by atoms with E-state index in [4.69, 9.17) is 23.2 Å². The van der Waals surface area contributed by atoms with E-state index < -0.39 is 11.9 Å². The highest BCUT2D eigenvalue weighted by Gasteiger charge is 2.34. The molecular weight excluding hydrogens is 418 g/mol. The van der Waals surface area contributed by atoms with Crippen LogP contribution in [0, 0.1) is 12.7 Å². The molecule has 1 unspecified atom stereocenters. The van der Waals surface area contributed by atoms with Crippen molar-refractivity contribution in [3.05, 3.63) is 63.9 Å². The van der Waals surface area contributed by atoms with Gasteiger partial charge in [-0.3, -0.25) is 9.59 Å². The van der Waals surface area contributed by atoms with Gasteiger partial charge in [0.2, 0.25) is 11.8 Å². The molecular formula is C20H15Cl2FN4O2. The summed E-state index contributed by atoms with van der Waals surface area (Å²) in [6.07, 6.45) is -0.0653. The smallest absolute Gasteiger partial charge is 0.249 e. The van der Waals surface area contributed by atoms with Crippen molar-refractivity contribution in [1.29, 1.82) is 0 Å². The quantitative estimate of drug-likeness (QED) is 0.622. The zero-order valence-corrected chi connectivity index (χ0v) is 16.7. The van der Waals surface area contributed by atoms with Crippen molar-refractivity contribution in [3.63, 3.8) is 0 Å². The van der Waals surface area contributed by atoms with Gasteiger partial charge in [-0.1, -0.05) is 23.2 Å². The van der Waals surface area contributed by atoms with Gasteiger partial charge >= 0.3 is 0 Å². The van der Waals surface area contributed by atoms with E-state index in [2.05, 4.69) is 15.7 Å². The summed E-state index contributed by atoms with van der Waals surface area (Å²) < 4.78 is 14.7. The van der Waals surface area contributed by atoms with Gasteiger partial charge in [0.25, 0.3) is 0 Å². The minimum absolute atomic E-state index is 0.0653. The molecule has 0 fully saturated rings. The Kier molecular flexibility index (Phi) is 5.02. The Morgan fingerprint density at radius 2 is 1.93 bits per heavy atom. The van der Waals surface area contributed by atoms with Crippen LogP contribution in [0.4, 0.5) is 15.9 Å². The Bertz CT molecular complexity index is 1130. The summed E-state index contributed by atoms with van der Waals surface area (Å²) in [5, 5.41) is 10.7. The van der Waals surface area contributed by atoms with Crippen LogP contribution in [0.25, 0.3) is 11.3 Å². The van der Waals surface area contributed by atoms with Crippen LogP contribution in [0.1, 0.15) is 18.0 Å². The second-order valence-corrected chi connectivity index (χ2v) is 7.47. The summed E-state index contributed by atoms with van der Waals surface area (Å²) in [5.74, 6) is -0.620. The first-order chi connectivity index (χ1) is 13.8. The highest BCUT2D eigenvalue weighted by atomic mass is 35.5. The second kappa shape index (κ2) is 7.50. The van der Waals surface area contributed by atoms with Crippen molar-refractivity contribution in [1.82, 2.24) is 9.78 Å². The zero-order chi connectivity index (χ0) is 20.7. The second-order valence-electron chi connectivity index (χ2n) is 6.66. The number of halogens is 3. The monoisotopic (exact) mass is 432 g/mol. The molecule has 4 rings (SSSR count). The van der Waals surface area contributed by atoms with E-state index in [1.54, 1.807) is 31.2 Å². The van der Waals surface area contributed by atoms with Crippen LogP contribution in [0.5, 0.6) is 0 Å². The van der Waals surface area contributed by atoms with Crippen LogP contribution in [-0.4, -0.2) is 21.6 Å². The van der Waals surface area contributed by atoms with Crippen molar-refractivity contribution >= 4 is 46.5 Å². The first-order valence-corrected chi connectivity index (χ1v) is 9.50. The molecule has 9 heteroatoms. The van der Waals surface area contributed by atoms with Gasteiger partial charge in [0.1, 0.15) is 17.7 Å². The number of nitrogens with one attached hydrogen (secondary N) is 2. The summed E-state index contributed by atoms with van der Waals surface area (Å²) in [6.45, 7) is 1.79. The lowest BCUT2D eigenvalue weighted by atomic mass is 10.1. The van der Waals surface area contributed by atoms with Crippen molar-refractivity contribution < 1.29 is 14.0 Å². The van der Waals surface area contributed by atoms with Gasteiger partial charge in [0.15, 0.2) is 0 Å². The Hall–Kier alpha value is -2.90. The SMILES string of the molecule is Cc1c(-c2ccc(F)cc2)nn2c1NC(=O)CC2C(=O)Nc1ccc(Cl)c(Cl)c1. The summed E-state index contributed by atoms with van der Waals surface area (Å²) >= 11 is 11.9. The molecule has 2 amide bonds. The minimum Gasteiger partial charge on any atom is -0.324 e. The van der Waals surface area contributed by atoms with E-state index in [9.17, 15) is 14.0 Å². The number of anilines is 2. The average Bonchev–Trinajstić information content (AvgIpc) is 3.01. The number of carbonyl (C=O) groups excluding carboxylic acids is 2. The van der Waals surface area contributed by atoms with Gasteiger partial charge in [0.05, 0.1) is 22.2 Å². The summed E-state index contributed by atoms with van der Waals surface area (Å²) in [6, 6.07) is 9.75. The molecule has 0 spiro atoms. The van der Waals surface area contributed by atoms with Crippen LogP contribution in [0.3, 0.4) is 0 Å². The lowest BCUT2D eigenvalue weighted by Crippen LogP contribution is -2.35. The van der Waals surface area contributed by atoms with Crippen molar-refractivity contribution in [2.24, 2.45) is 0 Å². The maximum atomic E-state index is 13.3. The molecule has 1 atom stereocenters. The number of amides is 2. The molecule has 2 N–H and O–H groups in total. The predicted molar refractivity (Wildman–Crippen MR) is 110 cm³/mol. The molecule has 0 aliphatic carbocycles. The van der Waals surface area contributed by atoms with E-state index in [1.165, 1.54) is 22.9 Å². The van der Waals surface area contributed by atoms with Crippen LogP contribution in [0.15, 0.2) is 42.5 Å². The minimum atomic E-state index is -0.846. The largest absolute Gasteiger partial charge is 0.324 e. The molecule has 2 heterocycles. The number of hydrogen-bond donors (Lipinski definition) is 2. The Balaban J connectivity index is 1.69. The first kappa shape index (κ1) is 19.4. The summed E-state index contributed by atoms with van der Waals surface area (Å²) in [4.78, 5) is 25.1. The normalized spacial score (nSPS) is 15.6. The van der Waals surface area contributed by atoms with Gasteiger partial charge in [-0.2, -0.15) is 5.10 Å².